The van der Waals surface area contributed by atoms with Crippen LogP contribution in [0, 0.1) is 5.82 Å². The zero-order valence-corrected chi connectivity index (χ0v) is 25.4. The second-order valence-corrected chi connectivity index (χ2v) is 12.5. The van der Waals surface area contributed by atoms with E-state index in [9.17, 15) is 17.6 Å². The maximum atomic E-state index is 15.0. The van der Waals surface area contributed by atoms with Gasteiger partial charge in [0.05, 0.1) is 22.0 Å². The van der Waals surface area contributed by atoms with Crippen LogP contribution in [0.5, 0.6) is 0 Å². The molecule has 3 aromatic rings. The van der Waals surface area contributed by atoms with E-state index in [1.165, 1.54) is 12.1 Å². The van der Waals surface area contributed by atoms with Gasteiger partial charge in [-0.15, -0.1) is 4.40 Å². The number of fused-ring (bicyclic) bond motifs is 1. The monoisotopic (exact) mass is 609 g/mol. The highest BCUT2D eigenvalue weighted by Gasteiger charge is 2.41. The van der Waals surface area contributed by atoms with E-state index in [1.807, 2.05) is 30.9 Å². The van der Waals surface area contributed by atoms with Crippen molar-refractivity contribution in [3.8, 4) is 11.3 Å². The molecule has 0 aliphatic carbocycles. The predicted molar refractivity (Wildman–Crippen MR) is 165 cm³/mol. The molecule has 42 heavy (non-hydrogen) atoms. The van der Waals surface area contributed by atoms with E-state index >= 15 is 0 Å². The molecule has 1 aromatic heterocycles. The third-order valence-corrected chi connectivity index (χ3v) is 9.20. The van der Waals surface area contributed by atoms with Crippen molar-refractivity contribution in [2.45, 2.75) is 52.1 Å². The summed E-state index contributed by atoms with van der Waals surface area (Å²) < 4.78 is 48.7. The minimum absolute atomic E-state index is 0.0936. The number of carbonyl (C=O) groups is 1. The number of benzene rings is 2. The summed E-state index contributed by atoms with van der Waals surface area (Å²) in [5.41, 5.74) is 1.96. The third kappa shape index (κ3) is 5.41. The van der Waals surface area contributed by atoms with Gasteiger partial charge in [0.1, 0.15) is 5.82 Å². The summed E-state index contributed by atoms with van der Waals surface area (Å²) in [5, 5.41) is 0.159. The fourth-order valence-electron chi connectivity index (χ4n) is 5.53. The standard InChI is InChI=1S/C31H33ClFN5O3S/c1-5-7-12-22-13-8-11-16-27(22)38-30-24(17-25(32)29(34-30)23-14-9-10-15-26(23)33)31(35-42(38,40)41)37-19-20(3)36(18-21(37)4)28(39)6-2/h6,8-11,13-17,20-21H,2,5,7,12,18-19H2,1,3-4H3/t20-,21+/m1/s1. The first-order valence-electron chi connectivity index (χ1n) is 14.0. The highest BCUT2D eigenvalue weighted by atomic mass is 35.5. The Morgan fingerprint density at radius 2 is 1.81 bits per heavy atom. The molecule has 11 heteroatoms. The molecular formula is C31H33ClFN5O3S. The topological polar surface area (TPSA) is 86.2 Å². The molecule has 220 valence electrons. The van der Waals surface area contributed by atoms with E-state index < -0.39 is 16.0 Å². The first-order valence-corrected chi connectivity index (χ1v) is 15.7. The molecular weight excluding hydrogens is 577 g/mol. The second-order valence-electron chi connectivity index (χ2n) is 10.6. The summed E-state index contributed by atoms with van der Waals surface area (Å²) in [4.78, 5) is 20.8. The van der Waals surface area contributed by atoms with Crippen LogP contribution in [0.15, 0.2) is 71.6 Å². The summed E-state index contributed by atoms with van der Waals surface area (Å²) in [6, 6.07) is 14.5. The highest BCUT2D eigenvalue weighted by molar-refractivity contribution is 7.92. The lowest BCUT2D eigenvalue weighted by atomic mass is 10.0. The zero-order chi connectivity index (χ0) is 30.2. The lowest BCUT2D eigenvalue weighted by molar-refractivity contribution is -0.130. The van der Waals surface area contributed by atoms with Crippen LogP contribution in [0.4, 0.5) is 15.9 Å². The number of unbranched alkanes of at least 4 members (excludes halogenated alkanes) is 1. The molecule has 3 heterocycles. The largest absolute Gasteiger partial charge is 0.352 e. The number of aromatic nitrogens is 1. The molecule has 8 nitrogen and oxygen atoms in total. The molecule has 0 radical (unpaired) electrons. The van der Waals surface area contributed by atoms with Gasteiger partial charge in [-0.1, -0.05) is 61.9 Å². The van der Waals surface area contributed by atoms with E-state index in [4.69, 9.17) is 16.6 Å². The van der Waals surface area contributed by atoms with Crippen molar-refractivity contribution in [3.05, 3.63) is 89.2 Å². The van der Waals surface area contributed by atoms with Gasteiger partial charge < -0.3 is 9.80 Å². The van der Waals surface area contributed by atoms with Gasteiger partial charge in [0.25, 0.3) is 0 Å². The van der Waals surface area contributed by atoms with Gasteiger partial charge in [-0.2, -0.15) is 8.42 Å². The van der Waals surface area contributed by atoms with Crippen LogP contribution in [0.1, 0.15) is 44.7 Å². The number of anilines is 2. The number of carbonyl (C=O) groups excluding carboxylic acids is 1. The Morgan fingerprint density at radius 1 is 1.10 bits per heavy atom. The summed E-state index contributed by atoms with van der Waals surface area (Å²) >= 11 is 6.75. The van der Waals surface area contributed by atoms with Gasteiger partial charge in [0, 0.05) is 30.7 Å². The third-order valence-electron chi connectivity index (χ3n) is 7.68. The summed E-state index contributed by atoms with van der Waals surface area (Å²) in [6.45, 7) is 10.1. The number of halogens is 2. The quantitative estimate of drug-likeness (QED) is 0.314. The van der Waals surface area contributed by atoms with Gasteiger partial charge in [0.15, 0.2) is 11.7 Å². The van der Waals surface area contributed by atoms with Crippen molar-refractivity contribution in [2.24, 2.45) is 4.40 Å². The van der Waals surface area contributed by atoms with Crippen LogP contribution in [-0.2, 0) is 21.4 Å². The molecule has 0 N–H and O–H groups in total. The first-order chi connectivity index (χ1) is 20.1. The number of para-hydroxylation sites is 1. The van der Waals surface area contributed by atoms with Gasteiger partial charge in [-0.3, -0.25) is 4.79 Å². The van der Waals surface area contributed by atoms with Gasteiger partial charge in [-0.25, -0.2) is 13.7 Å². The first kappa shape index (κ1) is 29.7. The van der Waals surface area contributed by atoms with Crippen molar-refractivity contribution < 1.29 is 17.6 Å². The van der Waals surface area contributed by atoms with Crippen molar-refractivity contribution in [2.75, 3.05) is 17.4 Å². The van der Waals surface area contributed by atoms with Gasteiger partial charge in [-0.05, 0) is 62.6 Å². The Kier molecular flexibility index (Phi) is 8.39. The fourth-order valence-corrected chi connectivity index (χ4v) is 7.07. The molecule has 5 rings (SSSR count). The predicted octanol–water partition coefficient (Wildman–Crippen LogP) is 6.13. The summed E-state index contributed by atoms with van der Waals surface area (Å²) in [5.74, 6) is -0.440. The second kappa shape index (κ2) is 11.9. The van der Waals surface area contributed by atoms with Crippen molar-refractivity contribution in [3.63, 3.8) is 0 Å². The maximum absolute atomic E-state index is 15.0. The molecule has 2 aliphatic heterocycles. The minimum atomic E-state index is -4.35. The Hall–Kier alpha value is -3.76. The van der Waals surface area contributed by atoms with Crippen LogP contribution in [0.2, 0.25) is 5.02 Å². The normalized spacial score (nSPS) is 19.7. The molecule has 0 spiro atoms. The van der Waals surface area contributed by atoms with Crippen molar-refractivity contribution >= 4 is 45.1 Å². The number of nitrogens with zero attached hydrogens (tertiary/aromatic N) is 5. The maximum Gasteiger partial charge on any atom is 0.352 e. The van der Waals surface area contributed by atoms with Gasteiger partial charge in [0.2, 0.25) is 5.91 Å². The summed E-state index contributed by atoms with van der Waals surface area (Å²) in [7, 11) is -4.35. The number of rotatable bonds is 6. The minimum Gasteiger partial charge on any atom is -0.349 e. The number of hydrogen-bond donors (Lipinski definition) is 0. The Bertz CT molecular complexity index is 1680. The molecule has 1 amide bonds. The number of aryl methyl sites for hydroxylation is 1. The number of amidine groups is 1. The molecule has 0 unspecified atom stereocenters. The van der Waals surface area contributed by atoms with Crippen molar-refractivity contribution in [1.29, 1.82) is 0 Å². The molecule has 2 atom stereocenters. The number of piperazine rings is 1. The molecule has 1 fully saturated rings. The van der Waals surface area contributed by atoms with Crippen molar-refractivity contribution in [1.82, 2.24) is 14.8 Å². The average molecular weight is 610 g/mol. The number of hydrogen-bond acceptors (Lipinski definition) is 5. The Balaban J connectivity index is 1.72. The average Bonchev–Trinajstić information content (AvgIpc) is 2.97. The zero-order valence-electron chi connectivity index (χ0n) is 23.8. The Labute approximate surface area is 251 Å². The molecule has 2 aromatic carbocycles. The van der Waals surface area contributed by atoms with E-state index in [0.717, 1.165) is 22.7 Å². The molecule has 0 bridgehead atoms. The SMILES string of the molecule is C=CC(=O)N1C[C@H](C)N(C2=NS(=O)(=O)N(c3ccccc3CCCC)c3nc(-c4ccccc4F)c(Cl)cc32)C[C@H]1C. The number of amides is 1. The number of pyridine rings is 1. The van der Waals surface area contributed by atoms with E-state index in [-0.39, 0.29) is 45.9 Å². The highest BCUT2D eigenvalue weighted by Crippen LogP contribution is 2.42. The van der Waals surface area contributed by atoms with E-state index in [2.05, 4.69) is 17.9 Å². The fraction of sp³-hybridized carbons (Fsp3) is 0.323. The lowest BCUT2D eigenvalue weighted by Gasteiger charge is -2.46. The lowest BCUT2D eigenvalue weighted by Crippen LogP contribution is -2.60. The Morgan fingerprint density at radius 3 is 2.52 bits per heavy atom. The van der Waals surface area contributed by atoms with Crippen LogP contribution in [-0.4, -0.2) is 60.1 Å². The van der Waals surface area contributed by atoms with Crippen LogP contribution >= 0.6 is 11.6 Å². The molecule has 0 saturated carbocycles. The summed E-state index contributed by atoms with van der Waals surface area (Å²) in [6.07, 6.45) is 3.73. The smallest absolute Gasteiger partial charge is 0.349 e. The molecule has 1 saturated heterocycles. The van der Waals surface area contributed by atoms with Crippen LogP contribution in [0.3, 0.4) is 0 Å². The molecule has 2 aliphatic rings. The van der Waals surface area contributed by atoms with E-state index in [1.54, 1.807) is 41.3 Å². The van der Waals surface area contributed by atoms with E-state index in [0.29, 0.717) is 30.8 Å². The van der Waals surface area contributed by atoms with Crippen LogP contribution < -0.4 is 4.31 Å². The van der Waals surface area contributed by atoms with Crippen LogP contribution in [0.25, 0.3) is 11.3 Å². The van der Waals surface area contributed by atoms with Gasteiger partial charge >= 0.3 is 10.2 Å².